The third-order valence-corrected chi connectivity index (χ3v) is 3.65. The van der Waals surface area contributed by atoms with Gasteiger partial charge < -0.3 is 5.73 Å². The first-order valence-electron chi connectivity index (χ1n) is 5.72. The Kier molecular flexibility index (Phi) is 5.29. The summed E-state index contributed by atoms with van der Waals surface area (Å²) in [6, 6.07) is 5.91. The van der Waals surface area contributed by atoms with E-state index in [0.29, 0.717) is 0 Å². The van der Waals surface area contributed by atoms with Crippen LogP contribution in [0.1, 0.15) is 45.1 Å². The van der Waals surface area contributed by atoms with Gasteiger partial charge in [0, 0.05) is 15.0 Å². The molecule has 0 spiro atoms. The van der Waals surface area contributed by atoms with Gasteiger partial charge in [-0.05, 0) is 31.0 Å². The molecule has 0 fully saturated rings. The van der Waals surface area contributed by atoms with Crippen LogP contribution in [-0.4, -0.2) is 0 Å². The fraction of sp³-hybridized carbons (Fsp3) is 0.538. The van der Waals surface area contributed by atoms with Crippen LogP contribution >= 0.6 is 27.5 Å². The van der Waals surface area contributed by atoms with Gasteiger partial charge >= 0.3 is 0 Å². The van der Waals surface area contributed by atoms with Gasteiger partial charge in [-0.1, -0.05) is 59.8 Å². The molecule has 1 aromatic carbocycles. The first-order chi connectivity index (χ1) is 7.47. The van der Waals surface area contributed by atoms with Crippen LogP contribution in [0.3, 0.4) is 0 Å². The second-order valence-corrected chi connectivity index (χ2v) is 5.82. The first kappa shape index (κ1) is 14.0. The maximum Gasteiger partial charge on any atom is 0.0467 e. The zero-order valence-corrected chi connectivity index (χ0v) is 12.2. The number of halogens is 2. The third-order valence-electron chi connectivity index (χ3n) is 2.85. The van der Waals surface area contributed by atoms with Gasteiger partial charge in [0.05, 0.1) is 0 Å². The van der Waals surface area contributed by atoms with Crippen molar-refractivity contribution in [1.29, 1.82) is 0 Å². The van der Waals surface area contributed by atoms with E-state index < -0.39 is 0 Å². The largest absolute Gasteiger partial charge is 0.322 e. The van der Waals surface area contributed by atoms with Crippen molar-refractivity contribution in [3.05, 3.63) is 33.3 Å². The lowest BCUT2D eigenvalue weighted by Gasteiger charge is -2.26. The smallest absolute Gasteiger partial charge is 0.0467 e. The number of unbranched alkanes of at least 4 members (excludes halogenated alkanes) is 2. The average Bonchev–Trinajstić information content (AvgIpc) is 2.17. The van der Waals surface area contributed by atoms with Crippen molar-refractivity contribution >= 4 is 27.5 Å². The summed E-state index contributed by atoms with van der Waals surface area (Å²) < 4.78 is 0.991. The standard InChI is InChI=1S/C13H19BrClN/c1-3-4-5-8-13(2,16)11-7-6-10(14)9-12(11)15/h6-7,9H,3-5,8,16H2,1-2H3. The summed E-state index contributed by atoms with van der Waals surface area (Å²) in [6.45, 7) is 4.25. The number of nitrogens with two attached hydrogens (primary N) is 1. The Balaban J connectivity index is 2.80. The van der Waals surface area contributed by atoms with Crippen molar-refractivity contribution in [2.24, 2.45) is 5.73 Å². The molecule has 1 unspecified atom stereocenters. The molecule has 16 heavy (non-hydrogen) atoms. The Morgan fingerprint density at radius 3 is 2.62 bits per heavy atom. The quantitative estimate of drug-likeness (QED) is 0.773. The van der Waals surface area contributed by atoms with Crippen molar-refractivity contribution in [2.45, 2.75) is 45.1 Å². The number of hydrogen-bond acceptors (Lipinski definition) is 1. The van der Waals surface area contributed by atoms with E-state index in [1.54, 1.807) is 0 Å². The minimum atomic E-state index is -0.326. The summed E-state index contributed by atoms with van der Waals surface area (Å²) in [5.41, 5.74) is 7.04. The van der Waals surface area contributed by atoms with Crippen LogP contribution in [0.15, 0.2) is 22.7 Å². The molecular weight excluding hydrogens is 286 g/mol. The first-order valence-corrected chi connectivity index (χ1v) is 6.89. The lowest BCUT2D eigenvalue weighted by atomic mass is 9.87. The zero-order valence-electron chi connectivity index (χ0n) is 9.89. The minimum absolute atomic E-state index is 0.326. The normalized spacial score (nSPS) is 14.8. The van der Waals surface area contributed by atoms with Crippen LogP contribution in [0.4, 0.5) is 0 Å². The summed E-state index contributed by atoms with van der Waals surface area (Å²) in [6.07, 6.45) is 4.56. The van der Waals surface area contributed by atoms with E-state index >= 15 is 0 Å². The van der Waals surface area contributed by atoms with Gasteiger partial charge in [0.15, 0.2) is 0 Å². The Morgan fingerprint density at radius 2 is 2.06 bits per heavy atom. The highest BCUT2D eigenvalue weighted by Crippen LogP contribution is 2.32. The van der Waals surface area contributed by atoms with E-state index in [0.717, 1.165) is 27.9 Å². The van der Waals surface area contributed by atoms with Gasteiger partial charge in [0.1, 0.15) is 0 Å². The van der Waals surface area contributed by atoms with Crippen molar-refractivity contribution < 1.29 is 0 Å². The second-order valence-electron chi connectivity index (χ2n) is 4.50. The summed E-state index contributed by atoms with van der Waals surface area (Å²) >= 11 is 9.62. The molecule has 1 aromatic rings. The lowest BCUT2D eigenvalue weighted by Crippen LogP contribution is -2.33. The number of rotatable bonds is 5. The van der Waals surface area contributed by atoms with Crippen molar-refractivity contribution in [2.75, 3.05) is 0 Å². The van der Waals surface area contributed by atoms with E-state index in [4.69, 9.17) is 17.3 Å². The summed E-state index contributed by atoms with van der Waals surface area (Å²) in [5, 5.41) is 0.746. The average molecular weight is 305 g/mol. The highest BCUT2D eigenvalue weighted by molar-refractivity contribution is 9.10. The molecule has 90 valence electrons. The topological polar surface area (TPSA) is 26.0 Å². The molecule has 0 aromatic heterocycles. The Morgan fingerprint density at radius 1 is 1.38 bits per heavy atom. The SMILES string of the molecule is CCCCCC(C)(N)c1ccc(Br)cc1Cl. The van der Waals surface area contributed by atoms with Crippen LogP contribution in [0, 0.1) is 0 Å². The molecule has 1 atom stereocenters. The fourth-order valence-electron chi connectivity index (χ4n) is 1.83. The number of benzene rings is 1. The molecule has 0 aliphatic rings. The molecular formula is C13H19BrClN. The molecule has 0 aliphatic heterocycles. The molecule has 0 heterocycles. The molecule has 1 nitrogen and oxygen atoms in total. The van der Waals surface area contributed by atoms with Crippen molar-refractivity contribution in [3.8, 4) is 0 Å². The Hall–Kier alpha value is -0.0500. The highest BCUT2D eigenvalue weighted by Gasteiger charge is 2.23. The van der Waals surface area contributed by atoms with E-state index in [-0.39, 0.29) is 5.54 Å². The van der Waals surface area contributed by atoms with Crippen molar-refractivity contribution in [3.63, 3.8) is 0 Å². The molecule has 2 N–H and O–H groups in total. The zero-order chi connectivity index (χ0) is 12.2. The van der Waals surface area contributed by atoms with E-state index in [9.17, 15) is 0 Å². The van der Waals surface area contributed by atoms with Gasteiger partial charge in [-0.2, -0.15) is 0 Å². The van der Waals surface area contributed by atoms with Gasteiger partial charge in [-0.3, -0.25) is 0 Å². The maximum atomic E-state index is 6.33. The second kappa shape index (κ2) is 6.04. The summed E-state index contributed by atoms with van der Waals surface area (Å²) in [7, 11) is 0. The van der Waals surface area contributed by atoms with E-state index in [1.165, 1.54) is 12.8 Å². The summed E-state index contributed by atoms with van der Waals surface area (Å²) in [4.78, 5) is 0. The molecule has 0 radical (unpaired) electrons. The predicted octanol–water partition coefficient (Wildman–Crippen LogP) is 4.86. The minimum Gasteiger partial charge on any atom is -0.322 e. The molecule has 0 saturated heterocycles. The molecule has 0 saturated carbocycles. The van der Waals surface area contributed by atoms with Gasteiger partial charge in [0.25, 0.3) is 0 Å². The maximum absolute atomic E-state index is 6.33. The van der Waals surface area contributed by atoms with Crippen molar-refractivity contribution in [1.82, 2.24) is 0 Å². The van der Waals surface area contributed by atoms with Crippen LogP contribution in [0.25, 0.3) is 0 Å². The van der Waals surface area contributed by atoms with E-state index in [1.807, 2.05) is 18.2 Å². The Labute approximate surface area is 111 Å². The van der Waals surface area contributed by atoms with Gasteiger partial charge in [-0.25, -0.2) is 0 Å². The fourth-order valence-corrected chi connectivity index (χ4v) is 2.72. The van der Waals surface area contributed by atoms with Crippen LogP contribution in [0.5, 0.6) is 0 Å². The molecule has 1 rings (SSSR count). The molecule has 0 bridgehead atoms. The molecule has 0 aliphatic carbocycles. The Bertz CT molecular complexity index is 350. The van der Waals surface area contributed by atoms with Gasteiger partial charge in [0.2, 0.25) is 0 Å². The van der Waals surface area contributed by atoms with Crippen LogP contribution < -0.4 is 5.73 Å². The lowest BCUT2D eigenvalue weighted by molar-refractivity contribution is 0.427. The molecule has 0 amide bonds. The van der Waals surface area contributed by atoms with Crippen LogP contribution in [0.2, 0.25) is 5.02 Å². The van der Waals surface area contributed by atoms with Crippen LogP contribution in [-0.2, 0) is 5.54 Å². The third kappa shape index (κ3) is 3.76. The van der Waals surface area contributed by atoms with Gasteiger partial charge in [-0.15, -0.1) is 0 Å². The monoisotopic (exact) mass is 303 g/mol. The molecule has 3 heteroatoms. The van der Waals surface area contributed by atoms with E-state index in [2.05, 4.69) is 29.8 Å². The summed E-state index contributed by atoms with van der Waals surface area (Å²) in [5.74, 6) is 0. The highest BCUT2D eigenvalue weighted by atomic mass is 79.9. The predicted molar refractivity (Wildman–Crippen MR) is 74.8 cm³/mol. The number of hydrogen-bond donors (Lipinski definition) is 1.